The van der Waals surface area contributed by atoms with E-state index in [9.17, 15) is 14.4 Å². The lowest BCUT2D eigenvalue weighted by Crippen LogP contribution is -2.56. The fourth-order valence-electron chi connectivity index (χ4n) is 5.01. The van der Waals surface area contributed by atoms with Gasteiger partial charge in [-0.2, -0.15) is 0 Å². The lowest BCUT2D eigenvalue weighted by atomic mass is 9.69. The molecule has 6 N–H and O–H groups in total. The molecule has 2 fully saturated rings. The van der Waals surface area contributed by atoms with Crippen molar-refractivity contribution in [3.63, 3.8) is 0 Å². The third-order valence-electron chi connectivity index (χ3n) is 6.73. The number of hydrogen-bond acceptors (Lipinski definition) is 6. The first-order valence-corrected chi connectivity index (χ1v) is 11.8. The number of halogens is 1. The number of amidine groups is 1. The van der Waals surface area contributed by atoms with Crippen molar-refractivity contribution in [3.8, 4) is 0 Å². The van der Waals surface area contributed by atoms with E-state index in [0.29, 0.717) is 12.8 Å². The van der Waals surface area contributed by atoms with Crippen molar-refractivity contribution in [1.82, 2.24) is 10.2 Å². The summed E-state index contributed by atoms with van der Waals surface area (Å²) in [5.41, 5.74) is 11.0. The highest BCUT2D eigenvalue weighted by Gasteiger charge is 2.49. The topological polar surface area (TPSA) is 152 Å². The Morgan fingerprint density at radius 2 is 1.82 bits per heavy atom. The van der Waals surface area contributed by atoms with Crippen LogP contribution in [0.1, 0.15) is 72.6 Å². The molecular weight excluding hydrogens is 446 g/mol. The first kappa shape index (κ1) is 29.2. The van der Waals surface area contributed by atoms with Gasteiger partial charge in [0.15, 0.2) is 5.78 Å². The summed E-state index contributed by atoms with van der Waals surface area (Å²) < 4.78 is 5.00. The van der Waals surface area contributed by atoms with Gasteiger partial charge in [-0.3, -0.25) is 15.0 Å². The van der Waals surface area contributed by atoms with E-state index in [1.54, 1.807) is 6.92 Å². The Hall–Kier alpha value is -1.87. The summed E-state index contributed by atoms with van der Waals surface area (Å²) in [5.74, 6) is -0.779. The van der Waals surface area contributed by atoms with E-state index in [0.717, 1.165) is 32.1 Å². The number of nitrogens with zero attached hydrogens (tertiary/aromatic N) is 1. The molecule has 1 aliphatic carbocycles. The highest BCUT2D eigenvalue weighted by Crippen LogP contribution is 2.40. The van der Waals surface area contributed by atoms with Gasteiger partial charge in [-0.25, -0.2) is 4.79 Å². The molecule has 190 valence electrons. The SMILES string of the molecule is CCOC(=O)N[C@H](CC(C)(C)C)C(=O)N1C[C@@H](C(=N)N)C[C@@H]1C(=O)C1(CN)CCCCC1.Cl. The van der Waals surface area contributed by atoms with Crippen LogP contribution < -0.4 is 16.8 Å². The Bertz CT molecular complexity index is 718. The summed E-state index contributed by atoms with van der Waals surface area (Å²) >= 11 is 0. The number of likely N-dealkylation sites (tertiary alicyclic amines) is 1. The zero-order valence-electron chi connectivity index (χ0n) is 20.4. The third-order valence-corrected chi connectivity index (χ3v) is 6.73. The second-order valence-electron chi connectivity index (χ2n) is 10.5. The van der Waals surface area contributed by atoms with Crippen molar-refractivity contribution < 1.29 is 19.1 Å². The van der Waals surface area contributed by atoms with Gasteiger partial charge in [-0.15, -0.1) is 12.4 Å². The molecule has 0 aromatic carbocycles. The molecule has 1 saturated heterocycles. The molecule has 2 amide bonds. The maximum Gasteiger partial charge on any atom is 0.407 e. The normalized spacial score (nSPS) is 23.2. The van der Waals surface area contributed by atoms with E-state index in [4.69, 9.17) is 21.6 Å². The third kappa shape index (κ3) is 7.30. The molecule has 9 nitrogen and oxygen atoms in total. The highest BCUT2D eigenvalue weighted by atomic mass is 35.5. The molecule has 1 heterocycles. The number of ether oxygens (including phenoxy) is 1. The number of nitrogens with two attached hydrogens (primary N) is 2. The summed E-state index contributed by atoms with van der Waals surface area (Å²) in [6.45, 7) is 8.28. The molecule has 0 radical (unpaired) electrons. The van der Waals surface area contributed by atoms with Crippen LogP contribution in [-0.4, -0.2) is 60.3 Å². The van der Waals surface area contributed by atoms with Gasteiger partial charge in [0.25, 0.3) is 0 Å². The van der Waals surface area contributed by atoms with Gasteiger partial charge in [-0.1, -0.05) is 40.0 Å². The van der Waals surface area contributed by atoms with Crippen LogP contribution in [-0.2, 0) is 14.3 Å². The summed E-state index contributed by atoms with van der Waals surface area (Å²) in [6, 6.07) is -1.53. The molecule has 0 aromatic rings. The summed E-state index contributed by atoms with van der Waals surface area (Å²) in [5, 5.41) is 10.6. The summed E-state index contributed by atoms with van der Waals surface area (Å²) in [7, 11) is 0. The summed E-state index contributed by atoms with van der Waals surface area (Å²) in [4.78, 5) is 41.1. The molecule has 3 atom stereocenters. The number of Topliss-reactive ketones (excluding diaryl/α,β-unsaturated/α-hetero) is 1. The number of hydrogen-bond donors (Lipinski definition) is 4. The zero-order chi connectivity index (χ0) is 24.1. The Kier molecular flexibility index (Phi) is 10.6. The zero-order valence-corrected chi connectivity index (χ0v) is 21.3. The number of nitrogens with one attached hydrogen (secondary N) is 2. The molecule has 0 aromatic heterocycles. The van der Waals surface area contributed by atoms with E-state index >= 15 is 0 Å². The first-order chi connectivity index (χ1) is 14.9. The van der Waals surface area contributed by atoms with Gasteiger partial charge >= 0.3 is 6.09 Å². The molecule has 0 unspecified atom stereocenters. The molecule has 2 rings (SSSR count). The minimum Gasteiger partial charge on any atom is -0.450 e. The van der Waals surface area contributed by atoms with Crippen LogP contribution in [0.3, 0.4) is 0 Å². The Labute approximate surface area is 203 Å². The Morgan fingerprint density at radius 3 is 2.30 bits per heavy atom. The van der Waals surface area contributed by atoms with Gasteiger partial charge in [0.05, 0.1) is 18.5 Å². The van der Waals surface area contributed by atoms with Crippen LogP contribution in [0, 0.1) is 22.2 Å². The molecule has 10 heteroatoms. The number of ketones is 1. The van der Waals surface area contributed by atoms with Gasteiger partial charge < -0.3 is 26.4 Å². The Balaban J connectivity index is 0.00000544. The summed E-state index contributed by atoms with van der Waals surface area (Å²) in [6.07, 6.45) is 4.45. The molecule has 1 aliphatic heterocycles. The van der Waals surface area contributed by atoms with E-state index in [1.807, 2.05) is 20.8 Å². The standard InChI is InChI=1S/C23H41N5O4.ClH/c1-5-32-21(31)27-16(12-22(2,3)4)20(30)28-13-15(19(25)26)11-17(28)18(29)23(14-24)9-7-6-8-10-23;/h15-17H,5-14,24H2,1-4H3,(H3,25,26)(H,27,31);1H/t15-,16+,17+;/m0./s1. The molecule has 0 spiro atoms. The average molecular weight is 488 g/mol. The van der Waals surface area contributed by atoms with Crippen LogP contribution in [0.15, 0.2) is 0 Å². The lowest BCUT2D eigenvalue weighted by molar-refractivity contribution is -0.144. The highest BCUT2D eigenvalue weighted by molar-refractivity contribution is 5.97. The number of amides is 2. The Morgan fingerprint density at radius 1 is 1.21 bits per heavy atom. The van der Waals surface area contributed by atoms with Crippen molar-refractivity contribution in [3.05, 3.63) is 0 Å². The van der Waals surface area contributed by atoms with Crippen LogP contribution >= 0.6 is 12.4 Å². The van der Waals surface area contributed by atoms with Crippen molar-refractivity contribution in [2.45, 2.75) is 84.7 Å². The van der Waals surface area contributed by atoms with Crippen LogP contribution in [0.25, 0.3) is 0 Å². The molecule has 0 bridgehead atoms. The minimum atomic E-state index is -0.838. The van der Waals surface area contributed by atoms with Crippen LogP contribution in [0.4, 0.5) is 4.79 Å². The van der Waals surface area contributed by atoms with E-state index < -0.39 is 23.6 Å². The van der Waals surface area contributed by atoms with Gasteiger partial charge in [0, 0.05) is 24.4 Å². The van der Waals surface area contributed by atoms with Crippen molar-refractivity contribution in [1.29, 1.82) is 5.41 Å². The van der Waals surface area contributed by atoms with E-state index in [1.165, 1.54) is 4.90 Å². The van der Waals surface area contributed by atoms with Crippen molar-refractivity contribution >= 4 is 36.0 Å². The maximum atomic E-state index is 13.8. The smallest absolute Gasteiger partial charge is 0.407 e. The number of carbonyl (C=O) groups excluding carboxylic acids is 3. The van der Waals surface area contributed by atoms with Crippen molar-refractivity contribution in [2.24, 2.45) is 28.2 Å². The maximum absolute atomic E-state index is 13.8. The second kappa shape index (κ2) is 12.0. The van der Waals surface area contributed by atoms with Crippen LogP contribution in [0.2, 0.25) is 0 Å². The van der Waals surface area contributed by atoms with Gasteiger partial charge in [0.2, 0.25) is 5.91 Å². The number of carbonyl (C=O) groups is 3. The molecule has 1 saturated carbocycles. The predicted molar refractivity (Wildman–Crippen MR) is 130 cm³/mol. The van der Waals surface area contributed by atoms with Crippen molar-refractivity contribution in [2.75, 3.05) is 19.7 Å². The molecular formula is C23H42ClN5O4. The van der Waals surface area contributed by atoms with Gasteiger partial charge in [0.1, 0.15) is 6.04 Å². The monoisotopic (exact) mass is 487 g/mol. The first-order valence-electron chi connectivity index (χ1n) is 11.8. The largest absolute Gasteiger partial charge is 0.450 e. The van der Waals surface area contributed by atoms with Gasteiger partial charge in [-0.05, 0) is 38.0 Å². The second-order valence-corrected chi connectivity index (χ2v) is 10.5. The lowest BCUT2D eigenvalue weighted by Gasteiger charge is -2.39. The number of alkyl carbamates (subject to hydrolysis) is 1. The van der Waals surface area contributed by atoms with E-state index in [-0.39, 0.29) is 61.0 Å². The van der Waals surface area contributed by atoms with Crippen LogP contribution in [0.5, 0.6) is 0 Å². The average Bonchev–Trinajstić information content (AvgIpc) is 3.17. The fourth-order valence-corrected chi connectivity index (χ4v) is 5.01. The van der Waals surface area contributed by atoms with E-state index in [2.05, 4.69) is 5.32 Å². The fraction of sp³-hybridized carbons (Fsp3) is 0.826. The predicted octanol–water partition coefficient (Wildman–Crippen LogP) is 2.59. The molecule has 33 heavy (non-hydrogen) atoms. The minimum absolute atomic E-state index is 0. The quantitative estimate of drug-likeness (QED) is 0.305. The number of rotatable bonds is 8. The molecule has 2 aliphatic rings.